The Kier molecular flexibility index (Phi) is 9.33. The van der Waals surface area contributed by atoms with Gasteiger partial charge in [0.15, 0.2) is 0 Å². The zero-order chi connectivity index (χ0) is 21.8. The number of anilines is 1. The van der Waals surface area contributed by atoms with Gasteiger partial charge in [0.05, 0.1) is 19.7 Å². The highest BCUT2D eigenvalue weighted by atomic mass is 16.5. The standard InChI is InChI=1S/C22H27N3O5/c1-3-25(15-21(27)24-22(28)29-4-2)14-20(26)23-18-10-12-19(13-11-18)30-16-17-8-6-5-7-9-17/h5-13H,3-4,14-16H2,1-2H3,(H,23,26)(H,24,27,28). The van der Waals surface area contributed by atoms with Gasteiger partial charge < -0.3 is 14.8 Å². The predicted octanol–water partition coefficient (Wildman–Crippen LogP) is 2.80. The number of hydrogen-bond acceptors (Lipinski definition) is 6. The maximum atomic E-state index is 12.3. The van der Waals surface area contributed by atoms with E-state index in [0.29, 0.717) is 24.6 Å². The number of amides is 3. The molecule has 0 unspecified atom stereocenters. The van der Waals surface area contributed by atoms with E-state index < -0.39 is 12.0 Å². The van der Waals surface area contributed by atoms with Crippen LogP contribution in [0.5, 0.6) is 5.75 Å². The molecule has 0 spiro atoms. The first-order chi connectivity index (χ1) is 14.5. The summed E-state index contributed by atoms with van der Waals surface area (Å²) in [5.74, 6) is -0.0931. The molecule has 0 aliphatic carbocycles. The van der Waals surface area contributed by atoms with Crippen molar-refractivity contribution in [2.24, 2.45) is 0 Å². The highest BCUT2D eigenvalue weighted by Gasteiger charge is 2.15. The Bertz CT molecular complexity index is 824. The summed E-state index contributed by atoms with van der Waals surface area (Å²) in [7, 11) is 0. The minimum absolute atomic E-state index is 0.0129. The van der Waals surface area contributed by atoms with E-state index in [1.807, 2.05) is 37.3 Å². The van der Waals surface area contributed by atoms with E-state index in [4.69, 9.17) is 4.74 Å². The number of rotatable bonds is 10. The number of hydrogen-bond donors (Lipinski definition) is 2. The number of ether oxygens (including phenoxy) is 2. The van der Waals surface area contributed by atoms with Gasteiger partial charge in [-0.05, 0) is 43.3 Å². The average Bonchev–Trinajstić information content (AvgIpc) is 2.73. The van der Waals surface area contributed by atoms with Crippen LogP contribution in [-0.2, 0) is 20.9 Å². The molecule has 3 amide bonds. The minimum Gasteiger partial charge on any atom is -0.489 e. The topological polar surface area (TPSA) is 97.0 Å². The van der Waals surface area contributed by atoms with Crippen LogP contribution in [-0.4, -0.2) is 49.0 Å². The fourth-order valence-electron chi connectivity index (χ4n) is 2.58. The van der Waals surface area contributed by atoms with Gasteiger partial charge in [-0.3, -0.25) is 19.8 Å². The van der Waals surface area contributed by atoms with Crippen molar-refractivity contribution in [3.05, 3.63) is 60.2 Å². The number of carbonyl (C=O) groups excluding carboxylic acids is 3. The molecule has 0 aromatic heterocycles. The molecule has 0 saturated carbocycles. The number of nitrogens with one attached hydrogen (secondary N) is 2. The Morgan fingerprint density at radius 1 is 0.900 bits per heavy atom. The first-order valence-electron chi connectivity index (χ1n) is 9.75. The summed E-state index contributed by atoms with van der Waals surface area (Å²) in [5.41, 5.74) is 1.70. The average molecular weight is 413 g/mol. The largest absolute Gasteiger partial charge is 0.489 e. The second-order valence-electron chi connectivity index (χ2n) is 6.42. The molecular formula is C22H27N3O5. The van der Waals surface area contributed by atoms with Gasteiger partial charge in [0.1, 0.15) is 12.4 Å². The lowest BCUT2D eigenvalue weighted by Gasteiger charge is -2.19. The Morgan fingerprint density at radius 2 is 1.57 bits per heavy atom. The molecule has 2 aromatic rings. The Labute approximate surface area is 176 Å². The summed E-state index contributed by atoms with van der Waals surface area (Å²) < 4.78 is 10.4. The minimum atomic E-state index is -0.794. The Morgan fingerprint density at radius 3 is 2.20 bits per heavy atom. The highest BCUT2D eigenvalue weighted by molar-refractivity contribution is 5.94. The van der Waals surface area contributed by atoms with Gasteiger partial charge >= 0.3 is 6.09 Å². The fourth-order valence-corrected chi connectivity index (χ4v) is 2.58. The van der Waals surface area contributed by atoms with E-state index >= 15 is 0 Å². The van der Waals surface area contributed by atoms with Gasteiger partial charge in [-0.2, -0.15) is 0 Å². The first kappa shape index (κ1) is 22.9. The normalized spacial score (nSPS) is 10.4. The third-order valence-corrected chi connectivity index (χ3v) is 4.08. The van der Waals surface area contributed by atoms with Crippen LogP contribution in [0.15, 0.2) is 54.6 Å². The molecule has 2 aromatic carbocycles. The van der Waals surface area contributed by atoms with Crippen molar-refractivity contribution in [2.45, 2.75) is 20.5 Å². The van der Waals surface area contributed by atoms with E-state index in [1.54, 1.807) is 36.1 Å². The van der Waals surface area contributed by atoms with Crippen LogP contribution >= 0.6 is 0 Å². The fraction of sp³-hybridized carbons (Fsp3) is 0.318. The number of imide groups is 1. The monoisotopic (exact) mass is 413 g/mol. The van der Waals surface area contributed by atoms with Crippen molar-refractivity contribution in [2.75, 3.05) is 31.6 Å². The van der Waals surface area contributed by atoms with Gasteiger partial charge in [-0.15, -0.1) is 0 Å². The lowest BCUT2D eigenvalue weighted by molar-refractivity contribution is -0.122. The third kappa shape index (κ3) is 8.32. The Balaban J connectivity index is 1.78. The molecule has 0 bridgehead atoms. The van der Waals surface area contributed by atoms with E-state index in [-0.39, 0.29) is 25.6 Å². The predicted molar refractivity (Wildman–Crippen MR) is 113 cm³/mol. The lowest BCUT2D eigenvalue weighted by atomic mass is 10.2. The SMILES string of the molecule is CCOC(=O)NC(=O)CN(CC)CC(=O)Nc1ccc(OCc2ccccc2)cc1. The van der Waals surface area contributed by atoms with Crippen LogP contribution in [0.4, 0.5) is 10.5 Å². The quantitative estimate of drug-likeness (QED) is 0.622. The number of likely N-dealkylation sites (N-methyl/N-ethyl adjacent to an activating group) is 1. The van der Waals surface area contributed by atoms with Crippen molar-refractivity contribution in [3.63, 3.8) is 0 Å². The number of alkyl carbamates (subject to hydrolysis) is 1. The highest BCUT2D eigenvalue weighted by Crippen LogP contribution is 2.17. The third-order valence-electron chi connectivity index (χ3n) is 4.08. The molecule has 8 nitrogen and oxygen atoms in total. The summed E-state index contributed by atoms with van der Waals surface area (Å²) in [6.45, 7) is 4.50. The molecule has 0 aliphatic heterocycles. The Hall–Kier alpha value is -3.39. The van der Waals surface area contributed by atoms with Crippen LogP contribution in [0.3, 0.4) is 0 Å². The van der Waals surface area contributed by atoms with Gasteiger partial charge in [-0.25, -0.2) is 4.79 Å². The molecule has 8 heteroatoms. The van der Waals surface area contributed by atoms with E-state index in [9.17, 15) is 14.4 Å². The zero-order valence-electron chi connectivity index (χ0n) is 17.2. The molecule has 0 heterocycles. The van der Waals surface area contributed by atoms with E-state index in [2.05, 4.69) is 15.4 Å². The van der Waals surface area contributed by atoms with E-state index in [1.165, 1.54) is 0 Å². The molecule has 0 radical (unpaired) electrons. The maximum Gasteiger partial charge on any atom is 0.413 e. The van der Waals surface area contributed by atoms with Crippen LogP contribution in [0.1, 0.15) is 19.4 Å². The summed E-state index contributed by atoms with van der Waals surface area (Å²) in [4.78, 5) is 37.0. The second-order valence-corrected chi connectivity index (χ2v) is 6.42. The number of benzene rings is 2. The molecule has 0 aliphatic rings. The summed E-state index contributed by atoms with van der Waals surface area (Å²) in [6, 6.07) is 16.9. The van der Waals surface area contributed by atoms with Gasteiger partial charge in [0.2, 0.25) is 11.8 Å². The van der Waals surface area contributed by atoms with Crippen molar-refractivity contribution in [3.8, 4) is 5.75 Å². The zero-order valence-corrected chi connectivity index (χ0v) is 17.2. The summed E-state index contributed by atoms with van der Waals surface area (Å²) >= 11 is 0. The molecule has 2 N–H and O–H groups in total. The molecule has 30 heavy (non-hydrogen) atoms. The van der Waals surface area contributed by atoms with Crippen molar-refractivity contribution < 1.29 is 23.9 Å². The van der Waals surface area contributed by atoms with Gasteiger partial charge in [0, 0.05) is 5.69 Å². The number of nitrogens with zero attached hydrogens (tertiary/aromatic N) is 1. The van der Waals surface area contributed by atoms with Crippen molar-refractivity contribution in [1.82, 2.24) is 10.2 Å². The van der Waals surface area contributed by atoms with Crippen molar-refractivity contribution in [1.29, 1.82) is 0 Å². The smallest absolute Gasteiger partial charge is 0.413 e. The molecule has 2 rings (SSSR count). The van der Waals surface area contributed by atoms with Crippen LogP contribution in [0, 0.1) is 0 Å². The lowest BCUT2D eigenvalue weighted by Crippen LogP contribution is -2.43. The molecule has 0 saturated heterocycles. The van der Waals surface area contributed by atoms with Crippen molar-refractivity contribution >= 4 is 23.6 Å². The van der Waals surface area contributed by atoms with Gasteiger partial charge in [0.25, 0.3) is 0 Å². The van der Waals surface area contributed by atoms with E-state index in [0.717, 1.165) is 5.56 Å². The van der Waals surface area contributed by atoms with Crippen LogP contribution in [0.25, 0.3) is 0 Å². The summed E-state index contributed by atoms with van der Waals surface area (Å²) in [6.07, 6.45) is -0.794. The second kappa shape index (κ2) is 12.2. The molecule has 160 valence electrons. The first-order valence-corrected chi connectivity index (χ1v) is 9.75. The maximum absolute atomic E-state index is 12.3. The summed E-state index contributed by atoms with van der Waals surface area (Å²) in [5, 5.41) is 4.89. The van der Waals surface area contributed by atoms with Gasteiger partial charge in [-0.1, -0.05) is 37.3 Å². The molecule has 0 atom stereocenters. The number of carbonyl (C=O) groups is 3. The molecular weight excluding hydrogens is 386 g/mol. The molecule has 0 fully saturated rings. The van der Waals surface area contributed by atoms with Crippen LogP contribution < -0.4 is 15.4 Å². The van der Waals surface area contributed by atoms with Crippen LogP contribution in [0.2, 0.25) is 0 Å².